The maximum Gasteiger partial charge on any atom is 0.180 e. The molecule has 23 heavy (non-hydrogen) atoms. The monoisotopic (exact) mass is 375 g/mol. The number of fused-ring (bicyclic) bond motifs is 1. The highest BCUT2D eigenvalue weighted by Gasteiger charge is 2.09. The highest BCUT2D eigenvalue weighted by Crippen LogP contribution is 2.24. The summed E-state index contributed by atoms with van der Waals surface area (Å²) in [4.78, 5) is 11.0. The van der Waals surface area contributed by atoms with E-state index in [9.17, 15) is 0 Å². The molecule has 1 N–H and O–H groups in total. The van der Waals surface area contributed by atoms with Gasteiger partial charge >= 0.3 is 0 Å². The number of benzene rings is 1. The largest absolute Gasteiger partial charge is 0.378 e. The lowest BCUT2D eigenvalue weighted by molar-refractivity contribution is 1.06. The Morgan fingerprint density at radius 1 is 1.22 bits per heavy atom. The van der Waals surface area contributed by atoms with E-state index < -0.39 is 0 Å². The van der Waals surface area contributed by atoms with Gasteiger partial charge < -0.3 is 10.2 Å². The molecular weight excluding hydrogens is 354 g/mol. The molecule has 0 amide bonds. The minimum Gasteiger partial charge on any atom is -0.378 e. The Bertz CT molecular complexity index is 795. The van der Waals surface area contributed by atoms with E-state index in [1.807, 2.05) is 63.8 Å². The fourth-order valence-corrected chi connectivity index (χ4v) is 2.54. The van der Waals surface area contributed by atoms with Crippen molar-refractivity contribution < 1.29 is 0 Å². The zero-order valence-electron chi connectivity index (χ0n) is 14.1. The van der Waals surface area contributed by atoms with Crippen LogP contribution in [-0.2, 0) is 0 Å². The number of hydrogen-bond acceptors (Lipinski definition) is 4. The molecule has 0 radical (unpaired) electrons. The second-order valence-electron chi connectivity index (χ2n) is 5.08. The average molecular weight is 376 g/mol. The zero-order valence-corrected chi connectivity index (χ0v) is 15.7. The highest BCUT2D eigenvalue weighted by atomic mass is 79.9. The van der Waals surface area contributed by atoms with Crippen molar-refractivity contribution in [3.63, 3.8) is 0 Å². The quantitative estimate of drug-likeness (QED) is 0.724. The second kappa shape index (κ2) is 7.46. The Balaban J connectivity index is 0.000000924. The molecule has 0 atom stereocenters. The van der Waals surface area contributed by atoms with Crippen molar-refractivity contribution in [1.82, 2.24) is 14.4 Å². The highest BCUT2D eigenvalue weighted by molar-refractivity contribution is 9.10. The van der Waals surface area contributed by atoms with Gasteiger partial charge in [0.05, 0.1) is 0 Å². The Kier molecular flexibility index (Phi) is 5.60. The zero-order chi connectivity index (χ0) is 17.0. The van der Waals surface area contributed by atoms with Gasteiger partial charge in [0.2, 0.25) is 0 Å². The van der Waals surface area contributed by atoms with E-state index in [4.69, 9.17) is 0 Å². The molecule has 2 heterocycles. The summed E-state index contributed by atoms with van der Waals surface area (Å²) < 4.78 is 2.78. The Labute approximate surface area is 145 Å². The normalized spacial score (nSPS) is 10.2. The molecule has 0 aliphatic rings. The number of halogens is 1. The van der Waals surface area contributed by atoms with Gasteiger partial charge in [-0.1, -0.05) is 19.9 Å². The van der Waals surface area contributed by atoms with E-state index in [0.717, 1.165) is 33.1 Å². The van der Waals surface area contributed by atoms with Crippen LogP contribution in [0.1, 0.15) is 19.5 Å². The molecule has 1 aromatic carbocycles. The summed E-state index contributed by atoms with van der Waals surface area (Å²) in [7, 11) is 4.04. The summed E-state index contributed by atoms with van der Waals surface area (Å²) in [6, 6.07) is 8.18. The van der Waals surface area contributed by atoms with Gasteiger partial charge in [-0.05, 0) is 41.1 Å². The van der Waals surface area contributed by atoms with Crippen LogP contribution in [0.2, 0.25) is 0 Å². The van der Waals surface area contributed by atoms with Gasteiger partial charge in [-0.15, -0.1) is 0 Å². The Morgan fingerprint density at radius 3 is 2.65 bits per heavy atom. The van der Waals surface area contributed by atoms with Gasteiger partial charge in [0.15, 0.2) is 11.5 Å². The third-order valence-electron chi connectivity index (χ3n) is 3.27. The van der Waals surface area contributed by atoms with Crippen LogP contribution >= 0.6 is 15.9 Å². The van der Waals surface area contributed by atoms with E-state index in [0.29, 0.717) is 0 Å². The first kappa shape index (κ1) is 17.3. The van der Waals surface area contributed by atoms with Crippen molar-refractivity contribution >= 4 is 38.8 Å². The number of nitrogens with one attached hydrogen (secondary N) is 1. The van der Waals surface area contributed by atoms with Gasteiger partial charge in [-0.3, -0.25) is 4.40 Å². The van der Waals surface area contributed by atoms with Gasteiger partial charge in [-0.2, -0.15) is 0 Å². The van der Waals surface area contributed by atoms with Crippen molar-refractivity contribution in [1.29, 1.82) is 0 Å². The number of hydrogen-bond donors (Lipinski definition) is 1. The molecule has 3 rings (SSSR count). The predicted octanol–water partition coefficient (Wildman–Crippen LogP) is 4.64. The summed E-state index contributed by atoms with van der Waals surface area (Å²) >= 11 is 3.45. The van der Waals surface area contributed by atoms with Gasteiger partial charge in [-0.25, -0.2) is 9.97 Å². The number of anilines is 3. The molecule has 0 spiro atoms. The van der Waals surface area contributed by atoms with Crippen molar-refractivity contribution in [3.8, 4) is 0 Å². The summed E-state index contributed by atoms with van der Waals surface area (Å²) in [6.07, 6.45) is 3.75. The molecule has 5 nitrogen and oxygen atoms in total. The van der Waals surface area contributed by atoms with Crippen LogP contribution in [-0.4, -0.2) is 28.5 Å². The smallest absolute Gasteiger partial charge is 0.180 e. The van der Waals surface area contributed by atoms with Crippen LogP contribution in [0.3, 0.4) is 0 Å². The number of imidazole rings is 1. The SMILES string of the molecule is CC.Cc1cnc2c(Nc3cccc(N(C)C)c3)nc(Br)cn12. The molecule has 0 aliphatic heterocycles. The van der Waals surface area contributed by atoms with Crippen LogP contribution < -0.4 is 10.2 Å². The predicted molar refractivity (Wildman–Crippen MR) is 101 cm³/mol. The second-order valence-corrected chi connectivity index (χ2v) is 5.89. The number of rotatable bonds is 3. The molecule has 0 bridgehead atoms. The maximum atomic E-state index is 4.49. The minimum atomic E-state index is 0.730. The molecule has 2 aromatic heterocycles. The first-order valence-electron chi connectivity index (χ1n) is 7.59. The van der Waals surface area contributed by atoms with Crippen LogP contribution in [0, 0.1) is 6.92 Å². The first-order valence-corrected chi connectivity index (χ1v) is 8.38. The van der Waals surface area contributed by atoms with Crippen molar-refractivity contribution in [3.05, 3.63) is 47.0 Å². The number of aromatic nitrogens is 3. The van der Waals surface area contributed by atoms with Gasteiger partial charge in [0, 0.05) is 43.6 Å². The minimum absolute atomic E-state index is 0.730. The fraction of sp³-hybridized carbons (Fsp3) is 0.294. The standard InChI is InChI=1S/C15H16BrN5.C2H6/c1-10-8-17-15-14(19-13(16)9-21(10)15)18-11-5-4-6-12(7-11)20(2)3;1-2/h4-9H,1-3H3,(H,18,19);1-2H3. The maximum absolute atomic E-state index is 4.49. The Morgan fingerprint density at radius 2 is 1.96 bits per heavy atom. The van der Waals surface area contributed by atoms with Crippen molar-refractivity contribution in [2.75, 3.05) is 24.3 Å². The van der Waals surface area contributed by atoms with E-state index in [-0.39, 0.29) is 0 Å². The molecular formula is C17H22BrN5. The molecule has 3 aromatic rings. The first-order chi connectivity index (χ1) is 11.0. The van der Waals surface area contributed by atoms with E-state index in [1.54, 1.807) is 0 Å². The van der Waals surface area contributed by atoms with Crippen molar-refractivity contribution in [2.45, 2.75) is 20.8 Å². The number of aryl methyl sites for hydroxylation is 1. The third kappa shape index (κ3) is 3.82. The summed E-state index contributed by atoms with van der Waals surface area (Å²) in [5.41, 5.74) is 3.99. The molecule has 6 heteroatoms. The summed E-state index contributed by atoms with van der Waals surface area (Å²) in [6.45, 7) is 6.02. The summed E-state index contributed by atoms with van der Waals surface area (Å²) in [5, 5.41) is 3.35. The molecule has 0 saturated carbocycles. The molecule has 0 fully saturated rings. The molecule has 122 valence electrons. The molecule has 0 unspecified atom stereocenters. The summed E-state index contributed by atoms with van der Waals surface area (Å²) in [5.74, 6) is 0.730. The van der Waals surface area contributed by atoms with Crippen molar-refractivity contribution in [2.24, 2.45) is 0 Å². The third-order valence-corrected chi connectivity index (χ3v) is 3.66. The molecule has 0 saturated heterocycles. The number of nitrogens with zero attached hydrogens (tertiary/aromatic N) is 4. The fourth-order valence-electron chi connectivity index (χ4n) is 2.16. The average Bonchev–Trinajstić information content (AvgIpc) is 2.91. The van der Waals surface area contributed by atoms with Crippen LogP contribution in [0.4, 0.5) is 17.2 Å². The van der Waals surface area contributed by atoms with Crippen LogP contribution in [0.15, 0.2) is 41.3 Å². The van der Waals surface area contributed by atoms with E-state index >= 15 is 0 Å². The van der Waals surface area contributed by atoms with E-state index in [2.05, 4.69) is 48.2 Å². The van der Waals surface area contributed by atoms with E-state index in [1.165, 1.54) is 0 Å². The van der Waals surface area contributed by atoms with Gasteiger partial charge in [0.25, 0.3) is 0 Å². The molecule has 0 aliphatic carbocycles. The van der Waals surface area contributed by atoms with Crippen LogP contribution in [0.5, 0.6) is 0 Å². The van der Waals surface area contributed by atoms with Gasteiger partial charge in [0.1, 0.15) is 4.60 Å². The lowest BCUT2D eigenvalue weighted by Crippen LogP contribution is -2.08. The Hall–Kier alpha value is -2.08. The lowest BCUT2D eigenvalue weighted by atomic mass is 10.2. The topological polar surface area (TPSA) is 45.5 Å². The lowest BCUT2D eigenvalue weighted by Gasteiger charge is -2.14. The van der Waals surface area contributed by atoms with Crippen LogP contribution in [0.25, 0.3) is 5.65 Å².